The van der Waals surface area contributed by atoms with Crippen molar-refractivity contribution in [2.45, 2.75) is 31.4 Å². The lowest BCUT2D eigenvalue weighted by molar-refractivity contribution is 0.182. The maximum absolute atomic E-state index is 9.34. The molecule has 2 atom stereocenters. The molecule has 2 N–H and O–H groups in total. The first kappa shape index (κ1) is 8.57. The molecule has 13 heavy (non-hydrogen) atoms. The quantitative estimate of drug-likeness (QED) is 0.724. The molecular weight excluding hydrogens is 162 g/mol. The van der Waals surface area contributed by atoms with Crippen molar-refractivity contribution in [1.29, 1.82) is 0 Å². The van der Waals surface area contributed by atoms with Crippen molar-refractivity contribution < 1.29 is 5.11 Å². The lowest BCUT2D eigenvalue weighted by atomic mass is 10.2. The van der Waals surface area contributed by atoms with E-state index < -0.39 is 0 Å². The van der Waals surface area contributed by atoms with Gasteiger partial charge in [0.1, 0.15) is 0 Å². The molecule has 1 fully saturated rings. The highest BCUT2D eigenvalue weighted by molar-refractivity contribution is 5.43. The van der Waals surface area contributed by atoms with E-state index in [0.29, 0.717) is 6.04 Å². The molecule has 1 saturated carbocycles. The zero-order chi connectivity index (χ0) is 9.10. The molecule has 0 aromatic heterocycles. The summed E-state index contributed by atoms with van der Waals surface area (Å²) in [4.78, 5) is 0. The monoisotopic (exact) mass is 177 g/mol. The predicted octanol–water partition coefficient (Wildman–Crippen LogP) is 2.01. The van der Waals surface area contributed by atoms with E-state index in [4.69, 9.17) is 0 Å². The van der Waals surface area contributed by atoms with Gasteiger partial charge in [-0.15, -0.1) is 0 Å². The van der Waals surface area contributed by atoms with Gasteiger partial charge in [-0.2, -0.15) is 0 Å². The summed E-state index contributed by atoms with van der Waals surface area (Å²) in [6, 6.07) is 10.6. The van der Waals surface area contributed by atoms with Gasteiger partial charge in [0.05, 0.1) is 6.10 Å². The number of hydrogen-bond acceptors (Lipinski definition) is 2. The Hall–Kier alpha value is -1.02. The smallest absolute Gasteiger partial charge is 0.0560 e. The first-order valence-corrected chi connectivity index (χ1v) is 4.84. The third-order valence-electron chi connectivity index (χ3n) is 2.55. The largest absolute Gasteiger partial charge is 0.393 e. The average Bonchev–Trinajstić information content (AvgIpc) is 2.53. The van der Waals surface area contributed by atoms with Crippen LogP contribution in [-0.4, -0.2) is 17.3 Å². The summed E-state index contributed by atoms with van der Waals surface area (Å²) >= 11 is 0. The fourth-order valence-electron chi connectivity index (χ4n) is 1.86. The molecule has 1 aliphatic rings. The van der Waals surface area contributed by atoms with E-state index >= 15 is 0 Å². The number of benzene rings is 1. The van der Waals surface area contributed by atoms with Crippen molar-refractivity contribution in [3.8, 4) is 0 Å². The molecule has 1 aromatic carbocycles. The highest BCUT2D eigenvalue weighted by atomic mass is 16.3. The second-order valence-electron chi connectivity index (χ2n) is 3.67. The van der Waals surface area contributed by atoms with Gasteiger partial charge in [0, 0.05) is 11.7 Å². The minimum atomic E-state index is -0.0961. The van der Waals surface area contributed by atoms with Crippen molar-refractivity contribution >= 4 is 5.69 Å². The Bertz CT molecular complexity index is 260. The summed E-state index contributed by atoms with van der Waals surface area (Å²) in [6.07, 6.45) is 2.80. The summed E-state index contributed by atoms with van der Waals surface area (Å²) in [5.41, 5.74) is 1.15. The SMILES string of the molecule is OC1CCC(Nc2ccccc2)C1. The van der Waals surface area contributed by atoms with Gasteiger partial charge in [0.25, 0.3) is 0 Å². The van der Waals surface area contributed by atoms with E-state index in [9.17, 15) is 5.11 Å². The highest BCUT2D eigenvalue weighted by Gasteiger charge is 2.21. The molecule has 2 rings (SSSR count). The van der Waals surface area contributed by atoms with Crippen LogP contribution in [0.1, 0.15) is 19.3 Å². The van der Waals surface area contributed by atoms with Crippen LogP contribution in [0, 0.1) is 0 Å². The summed E-state index contributed by atoms with van der Waals surface area (Å²) in [6.45, 7) is 0. The lowest BCUT2D eigenvalue weighted by Gasteiger charge is -2.12. The maximum atomic E-state index is 9.34. The van der Waals surface area contributed by atoms with Crippen LogP contribution < -0.4 is 5.32 Å². The fraction of sp³-hybridized carbons (Fsp3) is 0.455. The highest BCUT2D eigenvalue weighted by Crippen LogP contribution is 2.22. The van der Waals surface area contributed by atoms with Crippen molar-refractivity contribution in [2.75, 3.05) is 5.32 Å². The van der Waals surface area contributed by atoms with E-state index in [1.54, 1.807) is 0 Å². The molecule has 0 spiro atoms. The van der Waals surface area contributed by atoms with Crippen molar-refractivity contribution in [2.24, 2.45) is 0 Å². The number of rotatable bonds is 2. The topological polar surface area (TPSA) is 32.3 Å². The molecule has 0 saturated heterocycles. The summed E-state index contributed by atoms with van der Waals surface area (Å²) < 4.78 is 0. The molecule has 2 nitrogen and oxygen atoms in total. The standard InChI is InChI=1S/C11H15NO/c13-11-7-6-10(8-11)12-9-4-2-1-3-5-9/h1-5,10-13H,6-8H2. The Morgan fingerprint density at radius 1 is 1.15 bits per heavy atom. The predicted molar refractivity (Wildman–Crippen MR) is 53.7 cm³/mol. The van der Waals surface area contributed by atoms with Gasteiger partial charge in [-0.05, 0) is 31.4 Å². The molecule has 0 heterocycles. The van der Waals surface area contributed by atoms with Crippen molar-refractivity contribution in [1.82, 2.24) is 0 Å². The Morgan fingerprint density at radius 3 is 2.54 bits per heavy atom. The Kier molecular flexibility index (Phi) is 2.50. The van der Waals surface area contributed by atoms with Crippen LogP contribution in [0.3, 0.4) is 0 Å². The van der Waals surface area contributed by atoms with E-state index in [1.165, 1.54) is 0 Å². The first-order chi connectivity index (χ1) is 6.34. The van der Waals surface area contributed by atoms with Crippen LogP contribution in [0.25, 0.3) is 0 Å². The van der Waals surface area contributed by atoms with Gasteiger partial charge in [-0.1, -0.05) is 18.2 Å². The minimum absolute atomic E-state index is 0.0961. The Balaban J connectivity index is 1.92. The number of nitrogens with one attached hydrogen (secondary N) is 1. The van der Waals surface area contributed by atoms with Gasteiger partial charge >= 0.3 is 0 Å². The molecule has 0 bridgehead atoms. The summed E-state index contributed by atoms with van der Waals surface area (Å²) in [7, 11) is 0. The van der Waals surface area contributed by atoms with E-state index in [0.717, 1.165) is 24.9 Å². The Morgan fingerprint density at radius 2 is 1.92 bits per heavy atom. The van der Waals surface area contributed by atoms with Gasteiger partial charge < -0.3 is 10.4 Å². The van der Waals surface area contributed by atoms with Crippen LogP contribution in [0.4, 0.5) is 5.69 Å². The lowest BCUT2D eigenvalue weighted by Crippen LogP contribution is -2.16. The van der Waals surface area contributed by atoms with Crippen LogP contribution in [0.5, 0.6) is 0 Å². The molecule has 0 amide bonds. The zero-order valence-corrected chi connectivity index (χ0v) is 7.61. The van der Waals surface area contributed by atoms with Gasteiger partial charge in [0.2, 0.25) is 0 Å². The van der Waals surface area contributed by atoms with E-state index in [2.05, 4.69) is 17.4 Å². The second-order valence-corrected chi connectivity index (χ2v) is 3.67. The first-order valence-electron chi connectivity index (χ1n) is 4.84. The van der Waals surface area contributed by atoms with Crippen molar-refractivity contribution in [3.63, 3.8) is 0 Å². The van der Waals surface area contributed by atoms with Gasteiger partial charge in [-0.25, -0.2) is 0 Å². The normalized spacial score (nSPS) is 27.5. The molecule has 0 radical (unpaired) electrons. The molecule has 0 aliphatic heterocycles. The van der Waals surface area contributed by atoms with Crippen molar-refractivity contribution in [3.05, 3.63) is 30.3 Å². The van der Waals surface area contributed by atoms with E-state index in [-0.39, 0.29) is 6.10 Å². The number of hydrogen-bond donors (Lipinski definition) is 2. The molecule has 1 aliphatic carbocycles. The van der Waals surface area contributed by atoms with Crippen LogP contribution in [0.15, 0.2) is 30.3 Å². The molecular formula is C11H15NO. The molecule has 2 unspecified atom stereocenters. The number of para-hydroxylation sites is 1. The fourth-order valence-corrected chi connectivity index (χ4v) is 1.86. The molecule has 70 valence electrons. The summed E-state index contributed by atoms with van der Waals surface area (Å²) in [5, 5.41) is 12.7. The average molecular weight is 177 g/mol. The minimum Gasteiger partial charge on any atom is -0.393 e. The molecule has 2 heteroatoms. The molecule has 1 aromatic rings. The number of aliphatic hydroxyl groups is 1. The number of aliphatic hydroxyl groups excluding tert-OH is 1. The Labute approximate surface area is 78.6 Å². The van der Waals surface area contributed by atoms with Gasteiger partial charge in [0.15, 0.2) is 0 Å². The second kappa shape index (κ2) is 3.79. The van der Waals surface area contributed by atoms with Gasteiger partial charge in [-0.3, -0.25) is 0 Å². The van der Waals surface area contributed by atoms with Crippen LogP contribution in [0.2, 0.25) is 0 Å². The van der Waals surface area contributed by atoms with Crippen LogP contribution in [-0.2, 0) is 0 Å². The maximum Gasteiger partial charge on any atom is 0.0560 e. The zero-order valence-electron chi connectivity index (χ0n) is 7.61. The third kappa shape index (κ3) is 2.22. The summed E-state index contributed by atoms with van der Waals surface area (Å²) in [5.74, 6) is 0. The third-order valence-corrected chi connectivity index (χ3v) is 2.55. The van der Waals surface area contributed by atoms with E-state index in [1.807, 2.05) is 18.2 Å². The van der Waals surface area contributed by atoms with Crippen LogP contribution >= 0.6 is 0 Å². The number of anilines is 1.